The molecular weight excluding hydrogens is 268 g/mol. The van der Waals surface area contributed by atoms with Gasteiger partial charge in [0.25, 0.3) is 0 Å². The average molecular weight is 279 g/mol. The first-order valence-corrected chi connectivity index (χ1v) is 5.66. The molecule has 2 rings (SSSR count). The standard InChI is InChI=1S/C11H11BrN4/c1-8-2-3-9(4-14-8)5-15-11-10(12)6-13-7-16-11/h2-4,6-7H,5H2,1H3,(H,13,15,16). The summed E-state index contributed by atoms with van der Waals surface area (Å²) < 4.78 is 0.857. The molecule has 2 aromatic rings. The van der Waals surface area contributed by atoms with E-state index in [9.17, 15) is 0 Å². The van der Waals surface area contributed by atoms with E-state index in [1.165, 1.54) is 6.33 Å². The van der Waals surface area contributed by atoms with Gasteiger partial charge in [-0.3, -0.25) is 4.98 Å². The molecule has 0 aliphatic rings. The predicted octanol–water partition coefficient (Wildman–Crippen LogP) is 2.55. The van der Waals surface area contributed by atoms with Crippen molar-refractivity contribution in [3.8, 4) is 0 Å². The van der Waals surface area contributed by atoms with E-state index in [1.807, 2.05) is 25.3 Å². The van der Waals surface area contributed by atoms with E-state index in [2.05, 4.69) is 36.2 Å². The Bertz CT molecular complexity index is 470. The first-order chi connectivity index (χ1) is 7.75. The Morgan fingerprint density at radius 2 is 2.12 bits per heavy atom. The van der Waals surface area contributed by atoms with Crippen molar-refractivity contribution in [3.05, 3.63) is 46.6 Å². The Labute approximate surface area is 102 Å². The third kappa shape index (κ3) is 2.76. The van der Waals surface area contributed by atoms with Crippen LogP contribution in [-0.4, -0.2) is 15.0 Å². The van der Waals surface area contributed by atoms with Gasteiger partial charge < -0.3 is 5.32 Å². The Kier molecular flexibility index (Phi) is 3.46. The van der Waals surface area contributed by atoms with Crippen molar-refractivity contribution in [2.45, 2.75) is 13.5 Å². The number of aryl methyl sites for hydroxylation is 1. The van der Waals surface area contributed by atoms with Gasteiger partial charge in [0.15, 0.2) is 0 Å². The number of halogens is 1. The lowest BCUT2D eigenvalue weighted by Crippen LogP contribution is -2.02. The van der Waals surface area contributed by atoms with Crippen LogP contribution in [0.25, 0.3) is 0 Å². The third-order valence-electron chi connectivity index (χ3n) is 2.10. The minimum Gasteiger partial charge on any atom is -0.365 e. The molecule has 82 valence electrons. The molecule has 2 heterocycles. The Balaban J connectivity index is 2.02. The maximum absolute atomic E-state index is 4.23. The Morgan fingerprint density at radius 1 is 1.25 bits per heavy atom. The molecule has 0 saturated heterocycles. The van der Waals surface area contributed by atoms with E-state index in [1.54, 1.807) is 6.20 Å². The maximum Gasteiger partial charge on any atom is 0.144 e. The van der Waals surface area contributed by atoms with E-state index in [0.717, 1.165) is 21.5 Å². The van der Waals surface area contributed by atoms with Crippen LogP contribution >= 0.6 is 15.9 Å². The highest BCUT2D eigenvalue weighted by Crippen LogP contribution is 2.17. The second kappa shape index (κ2) is 5.03. The van der Waals surface area contributed by atoms with Crippen molar-refractivity contribution in [2.24, 2.45) is 0 Å². The van der Waals surface area contributed by atoms with Crippen LogP contribution in [0.2, 0.25) is 0 Å². The Morgan fingerprint density at radius 3 is 2.81 bits per heavy atom. The zero-order valence-corrected chi connectivity index (χ0v) is 10.4. The molecule has 16 heavy (non-hydrogen) atoms. The molecule has 0 radical (unpaired) electrons. The van der Waals surface area contributed by atoms with Gasteiger partial charge >= 0.3 is 0 Å². The number of anilines is 1. The van der Waals surface area contributed by atoms with Gasteiger partial charge in [0.05, 0.1) is 4.47 Å². The van der Waals surface area contributed by atoms with Gasteiger partial charge in [0, 0.05) is 24.6 Å². The predicted molar refractivity (Wildman–Crippen MR) is 66.0 cm³/mol. The van der Waals surface area contributed by atoms with Crippen molar-refractivity contribution < 1.29 is 0 Å². The number of hydrogen-bond donors (Lipinski definition) is 1. The largest absolute Gasteiger partial charge is 0.365 e. The van der Waals surface area contributed by atoms with E-state index < -0.39 is 0 Å². The summed E-state index contributed by atoms with van der Waals surface area (Å²) in [6, 6.07) is 4.04. The highest BCUT2D eigenvalue weighted by atomic mass is 79.9. The molecule has 0 aliphatic carbocycles. The summed E-state index contributed by atoms with van der Waals surface area (Å²) in [6.07, 6.45) is 5.08. The number of pyridine rings is 1. The molecule has 0 aromatic carbocycles. The number of nitrogens with one attached hydrogen (secondary N) is 1. The topological polar surface area (TPSA) is 50.7 Å². The summed E-state index contributed by atoms with van der Waals surface area (Å²) in [5.41, 5.74) is 2.14. The van der Waals surface area contributed by atoms with Crippen LogP contribution in [0.15, 0.2) is 35.3 Å². The molecule has 5 heteroatoms. The van der Waals surface area contributed by atoms with Crippen LogP contribution in [0.5, 0.6) is 0 Å². The van der Waals surface area contributed by atoms with Crippen LogP contribution < -0.4 is 5.32 Å². The minimum atomic E-state index is 0.697. The summed E-state index contributed by atoms with van der Waals surface area (Å²) in [5, 5.41) is 3.21. The van der Waals surface area contributed by atoms with Gasteiger partial charge in [-0.2, -0.15) is 0 Å². The maximum atomic E-state index is 4.23. The minimum absolute atomic E-state index is 0.697. The molecule has 4 nitrogen and oxygen atoms in total. The SMILES string of the molecule is Cc1ccc(CNc2ncncc2Br)cn1. The number of aromatic nitrogens is 3. The van der Waals surface area contributed by atoms with E-state index in [4.69, 9.17) is 0 Å². The second-order valence-electron chi connectivity index (χ2n) is 3.38. The molecule has 0 aliphatic heterocycles. The summed E-state index contributed by atoms with van der Waals surface area (Å²) in [5.74, 6) is 0.788. The van der Waals surface area contributed by atoms with Crippen molar-refractivity contribution in [1.82, 2.24) is 15.0 Å². The van der Waals surface area contributed by atoms with Crippen molar-refractivity contribution >= 4 is 21.7 Å². The highest BCUT2D eigenvalue weighted by molar-refractivity contribution is 9.10. The van der Waals surface area contributed by atoms with E-state index >= 15 is 0 Å². The molecule has 2 aromatic heterocycles. The third-order valence-corrected chi connectivity index (χ3v) is 2.68. The van der Waals surface area contributed by atoms with E-state index in [-0.39, 0.29) is 0 Å². The Hall–Kier alpha value is -1.49. The van der Waals surface area contributed by atoms with Crippen LogP contribution in [-0.2, 0) is 6.54 Å². The molecule has 0 bridgehead atoms. The van der Waals surface area contributed by atoms with Gasteiger partial charge in [-0.15, -0.1) is 0 Å². The fourth-order valence-electron chi connectivity index (χ4n) is 1.23. The van der Waals surface area contributed by atoms with Crippen LogP contribution in [0, 0.1) is 6.92 Å². The number of nitrogens with zero attached hydrogens (tertiary/aromatic N) is 3. The van der Waals surface area contributed by atoms with E-state index in [0.29, 0.717) is 6.54 Å². The van der Waals surface area contributed by atoms with Gasteiger partial charge in [-0.25, -0.2) is 9.97 Å². The molecule has 0 saturated carbocycles. The zero-order valence-electron chi connectivity index (χ0n) is 8.81. The lowest BCUT2D eigenvalue weighted by Gasteiger charge is -2.06. The molecular formula is C11H11BrN4. The molecule has 0 atom stereocenters. The monoisotopic (exact) mass is 278 g/mol. The molecule has 0 amide bonds. The van der Waals surface area contributed by atoms with Gasteiger partial charge in [-0.05, 0) is 34.5 Å². The van der Waals surface area contributed by atoms with Crippen molar-refractivity contribution in [1.29, 1.82) is 0 Å². The lowest BCUT2D eigenvalue weighted by molar-refractivity contribution is 1.05. The molecule has 0 unspecified atom stereocenters. The van der Waals surface area contributed by atoms with Crippen LogP contribution in [0.3, 0.4) is 0 Å². The number of rotatable bonds is 3. The van der Waals surface area contributed by atoms with Gasteiger partial charge in [0.1, 0.15) is 12.1 Å². The first kappa shape index (κ1) is 11.0. The smallest absolute Gasteiger partial charge is 0.144 e. The molecule has 0 fully saturated rings. The first-order valence-electron chi connectivity index (χ1n) is 4.86. The second-order valence-corrected chi connectivity index (χ2v) is 4.24. The van der Waals surface area contributed by atoms with Gasteiger partial charge in [-0.1, -0.05) is 6.07 Å². The average Bonchev–Trinajstić information content (AvgIpc) is 2.30. The summed E-state index contributed by atoms with van der Waals surface area (Å²) >= 11 is 3.38. The molecule has 1 N–H and O–H groups in total. The van der Waals surface area contributed by atoms with Crippen molar-refractivity contribution in [3.63, 3.8) is 0 Å². The summed E-state index contributed by atoms with van der Waals surface area (Å²) in [7, 11) is 0. The summed E-state index contributed by atoms with van der Waals surface area (Å²) in [4.78, 5) is 12.3. The lowest BCUT2D eigenvalue weighted by atomic mass is 10.2. The number of hydrogen-bond acceptors (Lipinski definition) is 4. The van der Waals surface area contributed by atoms with Gasteiger partial charge in [0.2, 0.25) is 0 Å². The molecule has 0 spiro atoms. The van der Waals surface area contributed by atoms with Crippen molar-refractivity contribution in [2.75, 3.05) is 5.32 Å². The van der Waals surface area contributed by atoms with Crippen LogP contribution in [0.4, 0.5) is 5.82 Å². The fourth-order valence-corrected chi connectivity index (χ4v) is 1.59. The normalized spacial score (nSPS) is 10.1. The van der Waals surface area contributed by atoms with Crippen LogP contribution in [0.1, 0.15) is 11.3 Å². The quantitative estimate of drug-likeness (QED) is 0.938. The highest BCUT2D eigenvalue weighted by Gasteiger charge is 2.00. The zero-order chi connectivity index (χ0) is 11.4. The summed E-state index contributed by atoms with van der Waals surface area (Å²) in [6.45, 7) is 2.67. The fraction of sp³-hybridized carbons (Fsp3) is 0.182.